The van der Waals surface area contributed by atoms with Gasteiger partial charge in [0.2, 0.25) is 0 Å². The second-order valence-electron chi connectivity index (χ2n) is 0.324. The summed E-state index contributed by atoms with van der Waals surface area (Å²) >= 11 is -3.22. The molecule has 0 unspecified atom stereocenters. The van der Waals surface area contributed by atoms with Gasteiger partial charge in [-0.25, -0.2) is 0 Å². The second kappa shape index (κ2) is 7.00. The molecular weight excluding hydrogens is 362 g/mol. The van der Waals surface area contributed by atoms with Gasteiger partial charge in [-0.15, -0.1) is 0 Å². The molecule has 0 rings (SSSR count). The fraction of sp³-hybridized carbons (Fsp3) is 0. The Kier molecular flexibility index (Phi) is 16.5. The smallest absolute Gasteiger partial charge is 1.00 e. The van der Waals surface area contributed by atoms with Gasteiger partial charge in [0.1, 0.15) is 0 Å². The van der Waals surface area contributed by atoms with Crippen LogP contribution in [-0.4, -0.2) is 8.41 Å². The molecule has 0 aliphatic rings. The van der Waals surface area contributed by atoms with Crippen molar-refractivity contribution in [2.75, 3.05) is 0 Å². The molecule has 0 saturated carbocycles. The van der Waals surface area contributed by atoms with E-state index in [1.165, 1.54) is 0 Å². The molecule has 0 aliphatic heterocycles. The van der Waals surface area contributed by atoms with Gasteiger partial charge in [0.05, 0.1) is 0 Å². The van der Waals surface area contributed by atoms with Gasteiger partial charge in [-0.1, -0.05) is 8.41 Å². The molecule has 0 amide bonds. The SMILES string of the molecule is [BH4-].[Cl][Re]([Cl])([Cl])[Cl].[Na+]. The van der Waals surface area contributed by atoms with E-state index in [1.54, 1.807) is 0 Å². The van der Waals surface area contributed by atoms with Crippen LogP contribution >= 0.6 is 38.1 Å². The van der Waals surface area contributed by atoms with Crippen molar-refractivity contribution in [2.45, 2.75) is 0 Å². The Morgan fingerprint density at radius 1 is 0.857 bits per heavy atom. The quantitative estimate of drug-likeness (QED) is 0.449. The fourth-order valence-electron chi connectivity index (χ4n) is 0. The van der Waals surface area contributed by atoms with Crippen LogP contribution in [0.15, 0.2) is 0 Å². The molecule has 0 spiro atoms. The van der Waals surface area contributed by atoms with Crippen LogP contribution in [0.25, 0.3) is 0 Å². The van der Waals surface area contributed by atoms with E-state index in [0.717, 1.165) is 0 Å². The van der Waals surface area contributed by atoms with Crippen LogP contribution in [0.2, 0.25) is 0 Å². The second-order valence-corrected chi connectivity index (χ2v) is 23.9. The molecule has 0 N–H and O–H groups in total. The summed E-state index contributed by atoms with van der Waals surface area (Å²) in [5.41, 5.74) is 0. The Morgan fingerprint density at radius 3 is 0.857 bits per heavy atom. The van der Waals surface area contributed by atoms with Gasteiger partial charge >= 0.3 is 79.1 Å². The van der Waals surface area contributed by atoms with Gasteiger partial charge in [-0.3, -0.25) is 0 Å². The van der Waals surface area contributed by atoms with E-state index >= 15 is 0 Å². The molecule has 0 fully saturated rings. The summed E-state index contributed by atoms with van der Waals surface area (Å²) in [6.45, 7) is 0. The van der Waals surface area contributed by atoms with E-state index in [-0.39, 0.29) is 38.0 Å². The van der Waals surface area contributed by atoms with Crippen molar-refractivity contribution in [3.8, 4) is 0 Å². The van der Waals surface area contributed by atoms with Crippen molar-refractivity contribution in [3.05, 3.63) is 0 Å². The maximum Gasteiger partial charge on any atom is 1.00 e. The summed E-state index contributed by atoms with van der Waals surface area (Å²) in [6, 6.07) is 0. The summed E-state index contributed by atoms with van der Waals surface area (Å²) in [5.74, 6) is 0. The Hall–Kier alpha value is 2.89. The van der Waals surface area contributed by atoms with E-state index in [2.05, 4.69) is 0 Å². The third-order valence-corrected chi connectivity index (χ3v) is 0. The maximum atomic E-state index is 5.03. The Balaban J connectivity index is -0.0000000800. The number of rotatable bonds is 0. The van der Waals surface area contributed by atoms with Gasteiger partial charge in [0.25, 0.3) is 0 Å². The first-order valence-electron chi connectivity index (χ1n) is 0.571. The topological polar surface area (TPSA) is 0 Å². The maximum absolute atomic E-state index is 5.03. The minimum absolute atomic E-state index is 0. The van der Waals surface area contributed by atoms with E-state index in [1.807, 2.05) is 0 Å². The predicted molar refractivity (Wildman–Crippen MR) is 34.7 cm³/mol. The van der Waals surface area contributed by atoms with Crippen LogP contribution in [0.4, 0.5) is 0 Å². The van der Waals surface area contributed by atoms with Crippen LogP contribution in [0.3, 0.4) is 0 Å². The fourth-order valence-corrected chi connectivity index (χ4v) is 0. The first kappa shape index (κ1) is 16.5. The zero-order valence-corrected chi connectivity index (χ0v) is 10.6. The third-order valence-electron chi connectivity index (χ3n) is 0. The summed E-state index contributed by atoms with van der Waals surface area (Å²) in [7, 11) is 20.1. The zero-order chi connectivity index (χ0) is 4.50. The van der Waals surface area contributed by atoms with Crippen molar-refractivity contribution in [1.82, 2.24) is 0 Å². The molecule has 0 aromatic heterocycles. The molecule has 0 heterocycles. The van der Waals surface area contributed by atoms with Crippen molar-refractivity contribution in [3.63, 3.8) is 0 Å². The molecule has 43 valence electrons. The number of hydrogen-bond donors (Lipinski definition) is 0. The molecule has 0 bridgehead atoms. The van der Waals surface area contributed by atoms with Crippen LogP contribution in [-0.2, 0) is 11.5 Å². The molecule has 0 aromatic rings. The normalized spacial score (nSPS) is 10.9. The molecule has 7 heteroatoms. The first-order chi connectivity index (χ1) is 2.00. The van der Waals surface area contributed by atoms with Crippen LogP contribution in [0, 0.1) is 0 Å². The Bertz CT molecular complexity index is 27.2. The number of halogens is 4. The standard InChI is InChI=1S/BH4.4ClH.Na.Re/h1H4;4*1H;;/q-1;;;;;+1;+4/p-4. The van der Waals surface area contributed by atoms with Crippen LogP contribution in [0.1, 0.15) is 0 Å². The minimum Gasteiger partial charge on any atom is 1.00 e. The summed E-state index contributed by atoms with van der Waals surface area (Å²) in [6.07, 6.45) is 0. The Morgan fingerprint density at radius 2 is 0.857 bits per heavy atom. The van der Waals surface area contributed by atoms with E-state index in [0.29, 0.717) is 0 Å². The summed E-state index contributed by atoms with van der Waals surface area (Å²) < 4.78 is 0. The molecule has 0 radical (unpaired) electrons. The molecule has 0 aliphatic carbocycles. The van der Waals surface area contributed by atoms with Gasteiger partial charge in [0, 0.05) is 0 Å². The Labute approximate surface area is 86.0 Å². The number of hydrogen-bond acceptors (Lipinski definition) is 0. The molecule has 0 atom stereocenters. The van der Waals surface area contributed by atoms with Crippen molar-refractivity contribution in [2.24, 2.45) is 0 Å². The molecule has 0 aromatic carbocycles. The van der Waals surface area contributed by atoms with E-state index in [4.69, 9.17) is 38.1 Å². The summed E-state index contributed by atoms with van der Waals surface area (Å²) in [5, 5.41) is 0. The minimum atomic E-state index is -3.22. The predicted octanol–water partition coefficient (Wildman–Crippen LogP) is -1.69. The van der Waals surface area contributed by atoms with Crippen molar-refractivity contribution in [1.29, 1.82) is 0 Å². The van der Waals surface area contributed by atoms with Gasteiger partial charge in [0.15, 0.2) is 0 Å². The molecule has 7 heavy (non-hydrogen) atoms. The zero-order valence-electron chi connectivity index (χ0n) is 2.89. The van der Waals surface area contributed by atoms with Crippen molar-refractivity contribution >= 4 is 46.5 Å². The largest absolute Gasteiger partial charge is 1.00 e. The van der Waals surface area contributed by atoms with E-state index < -0.39 is 11.5 Å². The van der Waals surface area contributed by atoms with Crippen LogP contribution in [0.5, 0.6) is 0 Å². The monoisotopic (exact) mass is 365 g/mol. The van der Waals surface area contributed by atoms with Gasteiger partial charge in [-0.05, 0) is 0 Å². The average molecular weight is 366 g/mol. The van der Waals surface area contributed by atoms with Gasteiger partial charge < -0.3 is 0 Å². The van der Waals surface area contributed by atoms with Crippen molar-refractivity contribution < 1.29 is 41.0 Å². The average Bonchev–Trinajstić information content (AvgIpc) is 0.722. The van der Waals surface area contributed by atoms with E-state index in [9.17, 15) is 0 Å². The van der Waals surface area contributed by atoms with Gasteiger partial charge in [-0.2, -0.15) is 0 Å². The molecule has 0 nitrogen and oxygen atoms in total. The van der Waals surface area contributed by atoms with Crippen LogP contribution < -0.4 is 29.6 Å². The third kappa shape index (κ3) is 50.6. The molecule has 0 saturated heterocycles. The first-order valence-corrected chi connectivity index (χ1v) is 14.0. The molecular formula is H4BCl4NaRe. The summed E-state index contributed by atoms with van der Waals surface area (Å²) in [4.78, 5) is 0.